The SMILES string of the molecule is COc1c(CCON)ccc2c1CCCC2. The lowest BCUT2D eigenvalue weighted by Crippen LogP contribution is -2.09. The Balaban J connectivity index is 2.31. The molecule has 3 nitrogen and oxygen atoms in total. The number of rotatable bonds is 4. The monoisotopic (exact) mass is 221 g/mol. The highest BCUT2D eigenvalue weighted by Crippen LogP contribution is 2.32. The summed E-state index contributed by atoms with van der Waals surface area (Å²) >= 11 is 0. The molecule has 1 aromatic rings. The van der Waals surface area contributed by atoms with Crippen molar-refractivity contribution in [3.05, 3.63) is 28.8 Å². The highest BCUT2D eigenvalue weighted by Gasteiger charge is 2.16. The molecule has 0 bridgehead atoms. The molecule has 0 fully saturated rings. The Labute approximate surface area is 96.5 Å². The number of aryl methyl sites for hydroxylation is 1. The first-order chi connectivity index (χ1) is 7.86. The molecule has 0 heterocycles. The summed E-state index contributed by atoms with van der Waals surface area (Å²) in [6.45, 7) is 0.537. The Hall–Kier alpha value is -1.06. The second-order valence-electron chi connectivity index (χ2n) is 4.22. The first-order valence-electron chi connectivity index (χ1n) is 5.86. The summed E-state index contributed by atoms with van der Waals surface area (Å²) in [6, 6.07) is 4.37. The first-order valence-corrected chi connectivity index (χ1v) is 5.86. The van der Waals surface area contributed by atoms with E-state index in [9.17, 15) is 0 Å². The maximum absolute atomic E-state index is 5.54. The quantitative estimate of drug-likeness (QED) is 0.791. The molecule has 1 aromatic carbocycles. The van der Waals surface area contributed by atoms with E-state index in [1.54, 1.807) is 7.11 Å². The summed E-state index contributed by atoms with van der Waals surface area (Å²) in [6.07, 6.45) is 5.68. The van der Waals surface area contributed by atoms with Crippen molar-refractivity contribution in [3.63, 3.8) is 0 Å². The molecule has 3 heteroatoms. The van der Waals surface area contributed by atoms with Crippen molar-refractivity contribution in [1.29, 1.82) is 0 Å². The average molecular weight is 221 g/mol. The van der Waals surface area contributed by atoms with Gasteiger partial charge in [0.15, 0.2) is 0 Å². The van der Waals surface area contributed by atoms with Gasteiger partial charge in [0.1, 0.15) is 5.75 Å². The van der Waals surface area contributed by atoms with Crippen molar-refractivity contribution >= 4 is 0 Å². The molecule has 88 valence electrons. The molecule has 2 rings (SSSR count). The molecular weight excluding hydrogens is 202 g/mol. The molecule has 0 spiro atoms. The van der Waals surface area contributed by atoms with E-state index in [0.717, 1.165) is 18.6 Å². The molecule has 0 aromatic heterocycles. The fourth-order valence-corrected chi connectivity index (χ4v) is 2.46. The second kappa shape index (κ2) is 5.32. The average Bonchev–Trinajstić information content (AvgIpc) is 2.35. The Morgan fingerprint density at radius 2 is 2.06 bits per heavy atom. The highest BCUT2D eigenvalue weighted by molar-refractivity contribution is 5.47. The third kappa shape index (κ3) is 2.20. The van der Waals surface area contributed by atoms with Crippen LogP contribution in [0.25, 0.3) is 0 Å². The maximum Gasteiger partial charge on any atom is 0.125 e. The van der Waals surface area contributed by atoms with Crippen LogP contribution in [0.2, 0.25) is 0 Å². The molecule has 1 aliphatic carbocycles. The number of hydrogen-bond donors (Lipinski definition) is 1. The molecule has 1 aliphatic rings. The molecule has 0 saturated carbocycles. The minimum Gasteiger partial charge on any atom is -0.496 e. The fraction of sp³-hybridized carbons (Fsp3) is 0.538. The molecule has 2 N–H and O–H groups in total. The van der Waals surface area contributed by atoms with Crippen molar-refractivity contribution in [2.75, 3.05) is 13.7 Å². The lowest BCUT2D eigenvalue weighted by atomic mass is 9.89. The van der Waals surface area contributed by atoms with Crippen LogP contribution in [0.3, 0.4) is 0 Å². The third-order valence-electron chi connectivity index (χ3n) is 3.26. The number of ether oxygens (including phenoxy) is 1. The zero-order valence-corrected chi connectivity index (χ0v) is 9.79. The van der Waals surface area contributed by atoms with E-state index in [2.05, 4.69) is 17.0 Å². The van der Waals surface area contributed by atoms with Crippen LogP contribution in [-0.2, 0) is 24.1 Å². The van der Waals surface area contributed by atoms with E-state index in [4.69, 9.17) is 10.6 Å². The zero-order valence-electron chi connectivity index (χ0n) is 9.79. The molecule has 0 radical (unpaired) electrons. The highest BCUT2D eigenvalue weighted by atomic mass is 16.6. The lowest BCUT2D eigenvalue weighted by Gasteiger charge is -2.21. The van der Waals surface area contributed by atoms with Crippen LogP contribution < -0.4 is 10.6 Å². The van der Waals surface area contributed by atoms with Gasteiger partial charge in [-0.05, 0) is 42.4 Å². The van der Waals surface area contributed by atoms with Gasteiger partial charge in [-0.1, -0.05) is 12.1 Å². The molecule has 0 unspecified atom stereocenters. The largest absolute Gasteiger partial charge is 0.496 e. The molecule has 16 heavy (non-hydrogen) atoms. The van der Waals surface area contributed by atoms with Crippen LogP contribution in [0.15, 0.2) is 12.1 Å². The van der Waals surface area contributed by atoms with Gasteiger partial charge in [-0.2, -0.15) is 0 Å². The first kappa shape index (κ1) is 11.4. The lowest BCUT2D eigenvalue weighted by molar-refractivity contribution is 0.140. The van der Waals surface area contributed by atoms with Gasteiger partial charge in [0.2, 0.25) is 0 Å². The van der Waals surface area contributed by atoms with Crippen molar-refractivity contribution in [2.24, 2.45) is 5.90 Å². The Morgan fingerprint density at radius 1 is 1.25 bits per heavy atom. The van der Waals surface area contributed by atoms with Crippen LogP contribution in [-0.4, -0.2) is 13.7 Å². The third-order valence-corrected chi connectivity index (χ3v) is 3.26. The number of nitrogens with two attached hydrogens (primary N) is 1. The van der Waals surface area contributed by atoms with Crippen LogP contribution in [0.4, 0.5) is 0 Å². The second-order valence-corrected chi connectivity index (χ2v) is 4.22. The van der Waals surface area contributed by atoms with Crippen LogP contribution in [0, 0.1) is 0 Å². The minimum absolute atomic E-state index is 0.537. The summed E-state index contributed by atoms with van der Waals surface area (Å²) in [5.41, 5.74) is 4.04. The smallest absolute Gasteiger partial charge is 0.125 e. The standard InChI is InChI=1S/C13H19NO2/c1-15-13-11(8-9-16-14)7-6-10-4-2-3-5-12(10)13/h6-7H,2-5,8-9,14H2,1H3. The van der Waals surface area contributed by atoms with E-state index in [0.29, 0.717) is 6.61 Å². The molecule has 0 aliphatic heterocycles. The van der Waals surface area contributed by atoms with Gasteiger partial charge in [-0.3, -0.25) is 0 Å². The summed E-state index contributed by atoms with van der Waals surface area (Å²) in [5.74, 6) is 6.12. The molecule has 0 amide bonds. The Bertz CT molecular complexity index is 363. The summed E-state index contributed by atoms with van der Waals surface area (Å²) in [7, 11) is 1.75. The Kier molecular flexibility index (Phi) is 3.80. The zero-order chi connectivity index (χ0) is 11.4. The van der Waals surface area contributed by atoms with Crippen LogP contribution in [0.1, 0.15) is 29.5 Å². The van der Waals surface area contributed by atoms with E-state index < -0.39 is 0 Å². The van der Waals surface area contributed by atoms with Gasteiger partial charge < -0.3 is 9.57 Å². The summed E-state index contributed by atoms with van der Waals surface area (Å²) in [4.78, 5) is 4.63. The van der Waals surface area contributed by atoms with Crippen molar-refractivity contribution < 1.29 is 9.57 Å². The van der Waals surface area contributed by atoms with E-state index >= 15 is 0 Å². The summed E-state index contributed by atoms with van der Waals surface area (Å²) < 4.78 is 5.54. The Morgan fingerprint density at radius 3 is 2.81 bits per heavy atom. The van der Waals surface area contributed by atoms with Gasteiger partial charge in [-0.25, -0.2) is 5.90 Å². The van der Waals surface area contributed by atoms with Crippen molar-refractivity contribution in [2.45, 2.75) is 32.1 Å². The van der Waals surface area contributed by atoms with Gasteiger partial charge >= 0.3 is 0 Å². The van der Waals surface area contributed by atoms with Crippen LogP contribution >= 0.6 is 0 Å². The predicted octanol–water partition coefficient (Wildman–Crippen LogP) is 2.01. The normalized spacial score (nSPS) is 14.6. The van der Waals surface area contributed by atoms with Crippen molar-refractivity contribution in [3.8, 4) is 5.75 Å². The molecule has 0 atom stereocenters. The van der Waals surface area contributed by atoms with Gasteiger partial charge in [-0.15, -0.1) is 0 Å². The number of benzene rings is 1. The predicted molar refractivity (Wildman–Crippen MR) is 63.5 cm³/mol. The summed E-state index contributed by atoms with van der Waals surface area (Å²) in [5, 5.41) is 0. The van der Waals surface area contributed by atoms with E-state index in [-0.39, 0.29) is 0 Å². The fourth-order valence-electron chi connectivity index (χ4n) is 2.46. The van der Waals surface area contributed by atoms with Gasteiger partial charge in [0.25, 0.3) is 0 Å². The van der Waals surface area contributed by atoms with E-state index in [1.807, 2.05) is 0 Å². The maximum atomic E-state index is 5.54. The number of hydrogen-bond acceptors (Lipinski definition) is 3. The topological polar surface area (TPSA) is 44.5 Å². The van der Waals surface area contributed by atoms with Gasteiger partial charge in [0.05, 0.1) is 13.7 Å². The number of fused-ring (bicyclic) bond motifs is 1. The molecule has 0 saturated heterocycles. The van der Waals surface area contributed by atoms with Crippen LogP contribution in [0.5, 0.6) is 5.75 Å². The van der Waals surface area contributed by atoms with Gasteiger partial charge in [0, 0.05) is 6.42 Å². The van der Waals surface area contributed by atoms with E-state index in [1.165, 1.54) is 36.0 Å². The minimum atomic E-state index is 0.537. The van der Waals surface area contributed by atoms with Crippen molar-refractivity contribution in [1.82, 2.24) is 0 Å². The molecular formula is C13H19NO2. The number of methoxy groups -OCH3 is 1.